The minimum Gasteiger partial charge on any atom is -0.393 e. The Hall–Kier alpha value is -4.14. The number of benzene rings is 4. The van der Waals surface area contributed by atoms with Crippen molar-refractivity contribution in [3.63, 3.8) is 0 Å². The second-order valence-corrected chi connectivity index (χ2v) is 14.5. The summed E-state index contributed by atoms with van der Waals surface area (Å²) < 4.78 is 40.6. The maximum atomic E-state index is 14.6. The van der Waals surface area contributed by atoms with E-state index in [2.05, 4.69) is 0 Å². The van der Waals surface area contributed by atoms with E-state index in [-0.39, 0.29) is 53.0 Å². The number of nitrogens with zero attached hydrogens (tertiary/aromatic N) is 1. The molecule has 6 nitrogen and oxygen atoms in total. The molecular formula is C39H44FNO5S. The number of rotatable bonds is 16. The van der Waals surface area contributed by atoms with Crippen molar-refractivity contribution < 1.29 is 27.5 Å². The molecule has 0 unspecified atom stereocenters. The van der Waals surface area contributed by atoms with Gasteiger partial charge in [-0.3, -0.25) is 13.9 Å². The van der Waals surface area contributed by atoms with Crippen LogP contribution in [0.3, 0.4) is 0 Å². The minimum atomic E-state index is -3.68. The monoisotopic (exact) mass is 657 g/mol. The number of carbonyl (C=O) groups excluding carboxylic acids is 2. The van der Waals surface area contributed by atoms with Crippen LogP contribution in [0.15, 0.2) is 97.1 Å². The molecular weight excluding hydrogens is 613 g/mol. The van der Waals surface area contributed by atoms with E-state index in [1.807, 2.05) is 73.7 Å². The summed E-state index contributed by atoms with van der Waals surface area (Å²) in [6.45, 7) is 3.68. The summed E-state index contributed by atoms with van der Waals surface area (Å²) in [6.07, 6.45) is 2.19. The number of carbonyl (C=O) groups is 2. The summed E-state index contributed by atoms with van der Waals surface area (Å²) in [4.78, 5) is 27.5. The van der Waals surface area contributed by atoms with Crippen molar-refractivity contribution in [2.75, 3.05) is 17.6 Å². The molecule has 3 atom stereocenters. The summed E-state index contributed by atoms with van der Waals surface area (Å²) in [6, 6.07) is 29.1. The summed E-state index contributed by atoms with van der Waals surface area (Å²) in [5, 5.41) is 11.4. The van der Waals surface area contributed by atoms with Gasteiger partial charge in [0.05, 0.1) is 18.0 Å². The third-order valence-electron chi connectivity index (χ3n) is 8.83. The second-order valence-electron chi connectivity index (χ2n) is 12.5. The SMILES string of the molecule is Cc1cccc(CCC[C@@H](O)[C@@H](CC(=O)c2cc(C(=O)C[C@H](C)c3ccccc3)cc(N(C)S(C)(=O)=O)c2)Cc2ccccc2)c1F. The number of halogens is 1. The van der Waals surface area contributed by atoms with E-state index in [9.17, 15) is 27.5 Å². The molecule has 0 spiro atoms. The first-order chi connectivity index (χ1) is 22.3. The number of aliphatic hydroxyl groups excluding tert-OH is 1. The molecule has 0 aromatic heterocycles. The number of aliphatic hydroxyl groups is 1. The Morgan fingerprint density at radius 2 is 1.45 bits per heavy atom. The predicted molar refractivity (Wildman–Crippen MR) is 186 cm³/mol. The van der Waals surface area contributed by atoms with Crippen molar-refractivity contribution in [3.8, 4) is 0 Å². The van der Waals surface area contributed by atoms with Crippen LogP contribution in [0.5, 0.6) is 0 Å². The molecule has 0 aliphatic carbocycles. The van der Waals surface area contributed by atoms with Gasteiger partial charge in [0.15, 0.2) is 11.6 Å². The number of hydrogen-bond acceptors (Lipinski definition) is 5. The van der Waals surface area contributed by atoms with Gasteiger partial charge in [-0.15, -0.1) is 0 Å². The number of anilines is 1. The van der Waals surface area contributed by atoms with E-state index < -0.39 is 22.0 Å². The Morgan fingerprint density at radius 3 is 2.06 bits per heavy atom. The van der Waals surface area contributed by atoms with Gasteiger partial charge < -0.3 is 5.11 Å². The molecule has 0 heterocycles. The van der Waals surface area contributed by atoms with E-state index in [1.165, 1.54) is 25.2 Å². The Balaban J connectivity index is 1.59. The molecule has 0 saturated carbocycles. The largest absolute Gasteiger partial charge is 0.393 e. The van der Waals surface area contributed by atoms with Gasteiger partial charge in [-0.1, -0.05) is 85.8 Å². The molecule has 0 aliphatic heterocycles. The van der Waals surface area contributed by atoms with Crippen molar-refractivity contribution in [2.45, 2.75) is 64.4 Å². The molecule has 0 radical (unpaired) electrons. The highest BCUT2D eigenvalue weighted by Crippen LogP contribution is 2.28. The molecule has 4 rings (SSSR count). The maximum absolute atomic E-state index is 14.6. The quantitative estimate of drug-likeness (QED) is 0.125. The lowest BCUT2D eigenvalue weighted by atomic mass is 9.85. The lowest BCUT2D eigenvalue weighted by molar-refractivity contribution is 0.0747. The van der Waals surface area contributed by atoms with Crippen LogP contribution in [0, 0.1) is 18.7 Å². The molecule has 0 aliphatic rings. The Kier molecular flexibility index (Phi) is 12.2. The zero-order valence-corrected chi connectivity index (χ0v) is 28.3. The Bertz CT molecular complexity index is 1780. The molecule has 4 aromatic rings. The summed E-state index contributed by atoms with van der Waals surface area (Å²) in [5.41, 5.74) is 3.82. The van der Waals surface area contributed by atoms with Crippen molar-refractivity contribution in [2.24, 2.45) is 5.92 Å². The van der Waals surface area contributed by atoms with E-state index in [1.54, 1.807) is 19.1 Å². The topological polar surface area (TPSA) is 91.8 Å². The van der Waals surface area contributed by atoms with Crippen LogP contribution in [0.4, 0.5) is 10.1 Å². The highest BCUT2D eigenvalue weighted by molar-refractivity contribution is 7.92. The van der Waals surface area contributed by atoms with Crippen molar-refractivity contribution >= 4 is 27.3 Å². The van der Waals surface area contributed by atoms with Crippen LogP contribution in [-0.2, 0) is 22.9 Å². The first-order valence-corrected chi connectivity index (χ1v) is 17.8. The van der Waals surface area contributed by atoms with E-state index in [0.717, 1.165) is 21.7 Å². The number of hydrogen-bond donors (Lipinski definition) is 1. The highest BCUT2D eigenvalue weighted by Gasteiger charge is 2.26. The third kappa shape index (κ3) is 9.92. The molecule has 47 heavy (non-hydrogen) atoms. The zero-order chi connectivity index (χ0) is 34.1. The molecule has 0 saturated heterocycles. The smallest absolute Gasteiger partial charge is 0.231 e. The van der Waals surface area contributed by atoms with Crippen LogP contribution >= 0.6 is 0 Å². The predicted octanol–water partition coefficient (Wildman–Crippen LogP) is 7.72. The first-order valence-electron chi connectivity index (χ1n) is 16.0. The van der Waals surface area contributed by atoms with Gasteiger partial charge in [0.25, 0.3) is 0 Å². The van der Waals surface area contributed by atoms with Gasteiger partial charge >= 0.3 is 0 Å². The van der Waals surface area contributed by atoms with E-state index in [4.69, 9.17) is 0 Å². The van der Waals surface area contributed by atoms with Crippen LogP contribution < -0.4 is 4.31 Å². The summed E-state index contributed by atoms with van der Waals surface area (Å²) in [5.74, 6) is -1.29. The van der Waals surface area contributed by atoms with Crippen molar-refractivity contribution in [1.82, 2.24) is 0 Å². The van der Waals surface area contributed by atoms with Crippen LogP contribution in [0.2, 0.25) is 0 Å². The van der Waals surface area contributed by atoms with Crippen LogP contribution in [0.1, 0.15) is 81.5 Å². The Labute approximate surface area is 278 Å². The fourth-order valence-electron chi connectivity index (χ4n) is 5.86. The third-order valence-corrected chi connectivity index (χ3v) is 10.0. The lowest BCUT2D eigenvalue weighted by Gasteiger charge is -2.24. The minimum absolute atomic E-state index is 0.0189. The lowest BCUT2D eigenvalue weighted by Crippen LogP contribution is -2.27. The average molecular weight is 658 g/mol. The first kappa shape index (κ1) is 35.7. The van der Waals surface area contributed by atoms with Gasteiger partial charge in [-0.2, -0.15) is 0 Å². The molecule has 8 heteroatoms. The molecule has 248 valence electrons. The second kappa shape index (κ2) is 16.1. The van der Waals surface area contributed by atoms with Gasteiger partial charge in [0, 0.05) is 31.0 Å². The zero-order valence-electron chi connectivity index (χ0n) is 27.5. The van der Waals surface area contributed by atoms with Gasteiger partial charge in [-0.25, -0.2) is 12.8 Å². The summed E-state index contributed by atoms with van der Waals surface area (Å²) >= 11 is 0. The Morgan fingerprint density at radius 1 is 0.851 bits per heavy atom. The molecule has 1 N–H and O–H groups in total. The van der Waals surface area contributed by atoms with Crippen molar-refractivity contribution in [3.05, 3.63) is 136 Å². The number of ketones is 2. The van der Waals surface area contributed by atoms with E-state index in [0.29, 0.717) is 36.8 Å². The molecule has 0 amide bonds. The highest BCUT2D eigenvalue weighted by atomic mass is 32.2. The maximum Gasteiger partial charge on any atom is 0.231 e. The number of Topliss-reactive ketones (excluding diaryl/α,β-unsaturated/α-hetero) is 2. The fourth-order valence-corrected chi connectivity index (χ4v) is 6.35. The molecule has 4 aromatic carbocycles. The van der Waals surface area contributed by atoms with E-state index >= 15 is 0 Å². The normalized spacial score (nSPS) is 13.5. The van der Waals surface area contributed by atoms with Gasteiger partial charge in [0.2, 0.25) is 10.0 Å². The molecule has 0 fully saturated rings. The van der Waals surface area contributed by atoms with Gasteiger partial charge in [0.1, 0.15) is 5.82 Å². The average Bonchev–Trinajstić information content (AvgIpc) is 3.06. The number of sulfonamides is 1. The number of aryl methyl sites for hydroxylation is 2. The van der Waals surface area contributed by atoms with Crippen molar-refractivity contribution in [1.29, 1.82) is 0 Å². The van der Waals surface area contributed by atoms with Crippen LogP contribution in [-0.4, -0.2) is 44.5 Å². The fraction of sp³-hybridized carbons (Fsp3) is 0.333. The summed E-state index contributed by atoms with van der Waals surface area (Å²) in [7, 11) is -2.29. The van der Waals surface area contributed by atoms with Crippen LogP contribution in [0.25, 0.3) is 0 Å². The molecule has 0 bridgehead atoms. The van der Waals surface area contributed by atoms with Gasteiger partial charge in [-0.05, 0) is 84.9 Å². The standard InChI is InChI=1S/C39H44FNO5S/c1-27-13-11-18-31(39(27)40)19-12-20-36(42)32(22-29-14-7-5-8-15-29)26-38(44)34-23-33(24-35(25-34)41(3)47(4,45)46)37(43)21-28(2)30-16-9-6-10-17-30/h5-11,13-18,23-25,28,32,36,42H,12,19-22,26H2,1-4H3/t28-,32+,36+/m0/s1.